The monoisotopic (exact) mass is 296 g/mol. The van der Waals surface area contributed by atoms with Crippen molar-refractivity contribution in [1.82, 2.24) is 5.32 Å². The first-order valence-electron chi connectivity index (χ1n) is 5.77. The number of nitrogens with one attached hydrogen (secondary N) is 2. The molecule has 2 rings (SSSR count). The van der Waals surface area contributed by atoms with E-state index in [1.807, 2.05) is 0 Å². The van der Waals surface area contributed by atoms with Crippen molar-refractivity contribution in [3.05, 3.63) is 53.5 Å². The summed E-state index contributed by atoms with van der Waals surface area (Å²) in [6.07, 6.45) is 0. The number of aromatic carboxylic acids is 1. The van der Waals surface area contributed by atoms with E-state index >= 15 is 0 Å². The molecule has 1 aromatic heterocycles. The standard InChI is InChI=1S/C13H10F2N2O4/c14-7-1-3-9(15)10(5-7)17-13(20)16-6-8-2-4-11(21-8)12(18)19/h1-5H,6H2,(H,18,19)(H2,16,17,20). The van der Waals surface area contributed by atoms with E-state index in [0.29, 0.717) is 0 Å². The third kappa shape index (κ3) is 3.78. The summed E-state index contributed by atoms with van der Waals surface area (Å²) in [6.45, 7) is -0.101. The number of benzene rings is 1. The molecule has 110 valence electrons. The molecule has 1 heterocycles. The lowest BCUT2D eigenvalue weighted by atomic mass is 10.3. The molecule has 0 fully saturated rings. The predicted molar refractivity (Wildman–Crippen MR) is 67.9 cm³/mol. The van der Waals surface area contributed by atoms with Crippen LogP contribution in [0.2, 0.25) is 0 Å². The highest BCUT2D eigenvalue weighted by atomic mass is 19.1. The van der Waals surface area contributed by atoms with Gasteiger partial charge in [-0.25, -0.2) is 18.4 Å². The van der Waals surface area contributed by atoms with Crippen LogP contribution in [0.5, 0.6) is 0 Å². The molecular weight excluding hydrogens is 286 g/mol. The fraction of sp³-hybridized carbons (Fsp3) is 0.0769. The summed E-state index contributed by atoms with van der Waals surface area (Å²) < 4.78 is 31.1. The van der Waals surface area contributed by atoms with Gasteiger partial charge in [-0.1, -0.05) is 0 Å². The quantitative estimate of drug-likeness (QED) is 0.808. The van der Waals surface area contributed by atoms with E-state index in [4.69, 9.17) is 9.52 Å². The highest BCUT2D eigenvalue weighted by Gasteiger charge is 2.11. The van der Waals surface area contributed by atoms with Gasteiger partial charge in [0.1, 0.15) is 17.4 Å². The van der Waals surface area contributed by atoms with Crippen molar-refractivity contribution in [2.45, 2.75) is 6.54 Å². The zero-order valence-electron chi connectivity index (χ0n) is 10.5. The second-order valence-corrected chi connectivity index (χ2v) is 4.00. The van der Waals surface area contributed by atoms with Crippen LogP contribution >= 0.6 is 0 Å². The van der Waals surface area contributed by atoms with E-state index < -0.39 is 23.6 Å². The van der Waals surface area contributed by atoms with Crippen molar-refractivity contribution in [3.8, 4) is 0 Å². The second kappa shape index (κ2) is 6.04. The van der Waals surface area contributed by atoms with Crippen LogP contribution in [0.15, 0.2) is 34.7 Å². The highest BCUT2D eigenvalue weighted by Crippen LogP contribution is 2.15. The molecule has 2 aromatic rings. The van der Waals surface area contributed by atoms with Crippen molar-refractivity contribution in [3.63, 3.8) is 0 Å². The van der Waals surface area contributed by atoms with Gasteiger partial charge in [0.25, 0.3) is 0 Å². The van der Waals surface area contributed by atoms with Crippen molar-refractivity contribution in [2.75, 3.05) is 5.32 Å². The molecule has 0 saturated heterocycles. The van der Waals surface area contributed by atoms with Gasteiger partial charge in [-0.3, -0.25) is 0 Å². The first kappa shape index (κ1) is 14.5. The minimum absolute atomic E-state index is 0.101. The zero-order chi connectivity index (χ0) is 15.4. The Bertz CT molecular complexity index is 685. The molecule has 0 unspecified atom stereocenters. The smallest absolute Gasteiger partial charge is 0.371 e. The van der Waals surface area contributed by atoms with Crippen LogP contribution in [0.4, 0.5) is 19.3 Å². The molecule has 6 nitrogen and oxygen atoms in total. The molecule has 0 aliphatic rings. The third-order valence-electron chi connectivity index (χ3n) is 2.47. The van der Waals surface area contributed by atoms with Gasteiger partial charge in [-0.15, -0.1) is 0 Å². The van der Waals surface area contributed by atoms with Gasteiger partial charge in [0, 0.05) is 6.07 Å². The number of amides is 2. The Balaban J connectivity index is 1.92. The topological polar surface area (TPSA) is 91.6 Å². The fourth-order valence-electron chi connectivity index (χ4n) is 1.52. The van der Waals surface area contributed by atoms with Crippen LogP contribution < -0.4 is 10.6 Å². The summed E-state index contributed by atoms with van der Waals surface area (Å²) in [7, 11) is 0. The Hall–Kier alpha value is -2.90. The van der Waals surface area contributed by atoms with Crippen molar-refractivity contribution < 1.29 is 27.9 Å². The van der Waals surface area contributed by atoms with Crippen molar-refractivity contribution in [2.24, 2.45) is 0 Å². The number of rotatable bonds is 4. The lowest BCUT2D eigenvalue weighted by molar-refractivity contribution is 0.0660. The van der Waals surface area contributed by atoms with Gasteiger partial charge in [0.05, 0.1) is 12.2 Å². The van der Waals surface area contributed by atoms with Crippen molar-refractivity contribution >= 4 is 17.7 Å². The lowest BCUT2D eigenvalue weighted by Gasteiger charge is -2.07. The second-order valence-electron chi connectivity index (χ2n) is 4.00. The third-order valence-corrected chi connectivity index (χ3v) is 2.47. The summed E-state index contributed by atoms with van der Waals surface area (Å²) in [5, 5.41) is 13.1. The Kier molecular flexibility index (Phi) is 4.17. The molecule has 0 saturated carbocycles. The normalized spacial score (nSPS) is 10.2. The van der Waals surface area contributed by atoms with Gasteiger partial charge < -0.3 is 20.2 Å². The molecule has 0 aliphatic heterocycles. The Morgan fingerprint density at radius 2 is 1.95 bits per heavy atom. The number of furan rings is 1. The number of carboxylic acid groups (broad SMARTS) is 1. The van der Waals surface area contributed by atoms with E-state index in [0.717, 1.165) is 18.2 Å². The molecule has 8 heteroatoms. The van der Waals surface area contributed by atoms with Crippen LogP contribution in [0, 0.1) is 11.6 Å². The summed E-state index contributed by atoms with van der Waals surface area (Å²) >= 11 is 0. The SMILES string of the molecule is O=C(NCc1ccc(C(=O)O)o1)Nc1cc(F)ccc1F. The number of carbonyl (C=O) groups is 2. The number of hydrogen-bond acceptors (Lipinski definition) is 3. The van der Waals surface area contributed by atoms with Crippen molar-refractivity contribution in [1.29, 1.82) is 0 Å². The van der Waals surface area contributed by atoms with Gasteiger partial charge in [0.2, 0.25) is 5.76 Å². The molecule has 2 amide bonds. The molecule has 0 bridgehead atoms. The van der Waals surface area contributed by atoms with Gasteiger partial charge in [0.15, 0.2) is 0 Å². The first-order valence-corrected chi connectivity index (χ1v) is 5.77. The van der Waals surface area contributed by atoms with E-state index in [1.165, 1.54) is 12.1 Å². The molecule has 3 N–H and O–H groups in total. The molecule has 21 heavy (non-hydrogen) atoms. The van der Waals surface area contributed by atoms with Crippen LogP contribution in [0.1, 0.15) is 16.3 Å². The highest BCUT2D eigenvalue weighted by molar-refractivity contribution is 5.89. The van der Waals surface area contributed by atoms with Crippen LogP contribution in [-0.2, 0) is 6.54 Å². The molecular formula is C13H10F2N2O4. The van der Waals surface area contributed by atoms with Gasteiger partial charge >= 0.3 is 12.0 Å². The number of carbonyl (C=O) groups excluding carboxylic acids is 1. The minimum atomic E-state index is -1.23. The molecule has 0 spiro atoms. The van der Waals surface area contributed by atoms with Crippen LogP contribution in [0.3, 0.4) is 0 Å². The molecule has 0 aliphatic carbocycles. The van der Waals surface area contributed by atoms with Crippen LogP contribution in [0.25, 0.3) is 0 Å². The number of halogens is 2. The number of carboxylic acids is 1. The summed E-state index contributed by atoms with van der Waals surface area (Å²) in [5.41, 5.74) is -0.307. The van der Waals surface area contributed by atoms with E-state index in [2.05, 4.69) is 10.6 Å². The average molecular weight is 296 g/mol. The van der Waals surface area contributed by atoms with E-state index in [1.54, 1.807) is 0 Å². The summed E-state index contributed by atoms with van der Waals surface area (Å²) in [4.78, 5) is 22.1. The molecule has 0 atom stereocenters. The largest absolute Gasteiger partial charge is 0.475 e. The summed E-state index contributed by atoms with van der Waals surface area (Å²) in [5.74, 6) is -2.75. The Labute approximate surface area is 117 Å². The Morgan fingerprint density at radius 1 is 1.19 bits per heavy atom. The van der Waals surface area contributed by atoms with Gasteiger partial charge in [-0.2, -0.15) is 0 Å². The maximum absolute atomic E-state index is 13.3. The summed E-state index contributed by atoms with van der Waals surface area (Å²) in [6, 6.07) is 4.49. The van der Waals surface area contributed by atoms with Gasteiger partial charge in [-0.05, 0) is 24.3 Å². The lowest BCUT2D eigenvalue weighted by Crippen LogP contribution is -2.28. The number of urea groups is 1. The minimum Gasteiger partial charge on any atom is -0.475 e. The number of anilines is 1. The fourth-order valence-corrected chi connectivity index (χ4v) is 1.52. The predicted octanol–water partition coefficient (Wildman–Crippen LogP) is 2.58. The van der Waals surface area contributed by atoms with E-state index in [9.17, 15) is 18.4 Å². The average Bonchev–Trinajstić information content (AvgIpc) is 2.90. The first-order chi connectivity index (χ1) is 9.95. The molecule has 0 radical (unpaired) electrons. The zero-order valence-corrected chi connectivity index (χ0v) is 10.5. The van der Waals surface area contributed by atoms with Crippen LogP contribution in [-0.4, -0.2) is 17.1 Å². The number of hydrogen-bond donors (Lipinski definition) is 3. The van der Waals surface area contributed by atoms with E-state index in [-0.39, 0.29) is 23.8 Å². The maximum atomic E-state index is 13.3. The maximum Gasteiger partial charge on any atom is 0.371 e. The Morgan fingerprint density at radius 3 is 2.62 bits per heavy atom. The molecule has 1 aromatic carbocycles.